The van der Waals surface area contributed by atoms with Gasteiger partial charge in [0.1, 0.15) is 0 Å². The van der Waals surface area contributed by atoms with E-state index in [-0.39, 0.29) is 0 Å². The molecule has 0 aliphatic heterocycles. The van der Waals surface area contributed by atoms with Crippen molar-refractivity contribution in [1.82, 2.24) is 0 Å². The van der Waals surface area contributed by atoms with Crippen LogP contribution in [-0.4, -0.2) is 0 Å². The molecule has 0 amide bonds. The minimum Gasteiger partial charge on any atom is -0.0874 e. The van der Waals surface area contributed by atoms with E-state index in [1.807, 2.05) is 6.92 Å². The fourth-order valence-corrected chi connectivity index (χ4v) is 0.730. The fourth-order valence-electron chi connectivity index (χ4n) is 0.730. The lowest BCUT2D eigenvalue weighted by Crippen LogP contribution is -1.73. The normalized spacial score (nSPS) is 13.0. The molecule has 0 aliphatic rings. The van der Waals surface area contributed by atoms with Crippen LogP contribution in [0.5, 0.6) is 0 Å². The van der Waals surface area contributed by atoms with Gasteiger partial charge in [-0.25, -0.2) is 0 Å². The molecule has 0 spiro atoms. The zero-order chi connectivity index (χ0) is 7.11. The molecular weight excluding hydrogens is 108 g/mol. The standard InChI is InChI=1S/C9H15/c1-4-7-9(6-3)8-5-2/h4,7H,5-6H2,1-3H3. The van der Waals surface area contributed by atoms with E-state index in [4.69, 9.17) is 0 Å². The molecule has 9 heavy (non-hydrogen) atoms. The molecule has 51 valence electrons. The van der Waals surface area contributed by atoms with E-state index >= 15 is 0 Å². The first kappa shape index (κ1) is 8.48. The van der Waals surface area contributed by atoms with Crippen molar-refractivity contribution in [3.63, 3.8) is 0 Å². The molecule has 0 unspecified atom stereocenters. The van der Waals surface area contributed by atoms with Crippen LogP contribution in [0.2, 0.25) is 0 Å². The molecule has 0 saturated heterocycles. The lowest BCUT2D eigenvalue weighted by atomic mass is 10.1. The molecule has 0 saturated carbocycles. The molecule has 0 nitrogen and oxygen atoms in total. The second-order valence-corrected chi connectivity index (χ2v) is 1.91. The van der Waals surface area contributed by atoms with E-state index in [0.29, 0.717) is 0 Å². The third kappa shape index (κ3) is 4.01. The summed E-state index contributed by atoms with van der Waals surface area (Å²) in [6.45, 7) is 6.30. The van der Waals surface area contributed by atoms with Crippen LogP contribution in [0.3, 0.4) is 0 Å². The average molecular weight is 123 g/mol. The van der Waals surface area contributed by atoms with Gasteiger partial charge in [-0.2, -0.15) is 0 Å². The topological polar surface area (TPSA) is 0 Å². The van der Waals surface area contributed by atoms with Crippen molar-refractivity contribution in [2.45, 2.75) is 33.6 Å². The van der Waals surface area contributed by atoms with Crippen LogP contribution in [0.15, 0.2) is 17.7 Å². The molecule has 0 heterocycles. The van der Waals surface area contributed by atoms with Crippen LogP contribution in [0.1, 0.15) is 33.6 Å². The van der Waals surface area contributed by atoms with Crippen molar-refractivity contribution in [3.05, 3.63) is 23.8 Å². The number of hydrogen-bond acceptors (Lipinski definition) is 0. The first-order valence-corrected chi connectivity index (χ1v) is 3.57. The molecule has 0 rings (SSSR count). The van der Waals surface area contributed by atoms with Gasteiger partial charge in [-0.1, -0.05) is 26.0 Å². The molecule has 0 N–H and O–H groups in total. The quantitative estimate of drug-likeness (QED) is 0.506. The van der Waals surface area contributed by atoms with Gasteiger partial charge < -0.3 is 0 Å². The molecule has 0 aromatic carbocycles. The summed E-state index contributed by atoms with van der Waals surface area (Å²) in [6, 6.07) is 0. The summed E-state index contributed by atoms with van der Waals surface area (Å²) < 4.78 is 0. The number of rotatable bonds is 3. The minimum atomic E-state index is 1.02. The number of allylic oxidation sites excluding steroid dienone is 4. The predicted molar refractivity (Wildman–Crippen MR) is 42.2 cm³/mol. The van der Waals surface area contributed by atoms with Gasteiger partial charge >= 0.3 is 0 Å². The van der Waals surface area contributed by atoms with Gasteiger partial charge in [0, 0.05) is 0 Å². The lowest BCUT2D eigenvalue weighted by molar-refractivity contribution is 1.07. The molecule has 0 aliphatic carbocycles. The van der Waals surface area contributed by atoms with Crippen molar-refractivity contribution in [1.29, 1.82) is 0 Å². The highest BCUT2D eigenvalue weighted by Crippen LogP contribution is 2.01. The van der Waals surface area contributed by atoms with Crippen LogP contribution >= 0.6 is 0 Å². The Balaban J connectivity index is 3.81. The zero-order valence-corrected chi connectivity index (χ0v) is 6.57. The van der Waals surface area contributed by atoms with Gasteiger partial charge in [-0.15, -0.1) is 0 Å². The smallest absolute Gasteiger partial charge is 0.0302 e. The predicted octanol–water partition coefficient (Wildman–Crippen LogP) is 3.11. The Labute approximate surface area is 58.3 Å². The Kier molecular flexibility index (Phi) is 5.29. The summed E-state index contributed by atoms with van der Waals surface area (Å²) in [5, 5.41) is 0. The molecule has 0 atom stereocenters. The maximum absolute atomic E-state index is 3.26. The van der Waals surface area contributed by atoms with Crippen LogP contribution in [-0.2, 0) is 0 Å². The van der Waals surface area contributed by atoms with E-state index in [1.54, 1.807) is 0 Å². The first-order chi connectivity index (χ1) is 4.35. The summed E-state index contributed by atoms with van der Waals surface area (Å²) in [5.74, 6) is 0. The maximum Gasteiger partial charge on any atom is -0.0302 e. The van der Waals surface area contributed by atoms with E-state index in [9.17, 15) is 0 Å². The summed E-state index contributed by atoms with van der Waals surface area (Å²) >= 11 is 0. The van der Waals surface area contributed by atoms with Gasteiger partial charge in [0.15, 0.2) is 0 Å². The second-order valence-electron chi connectivity index (χ2n) is 1.91. The van der Waals surface area contributed by atoms with Crippen LogP contribution in [0.4, 0.5) is 0 Å². The largest absolute Gasteiger partial charge is 0.0874 e. The van der Waals surface area contributed by atoms with Gasteiger partial charge in [-0.05, 0) is 31.4 Å². The summed E-state index contributed by atoms with van der Waals surface area (Å²) in [4.78, 5) is 0. The van der Waals surface area contributed by atoms with E-state index in [0.717, 1.165) is 12.8 Å². The Morgan fingerprint density at radius 1 is 1.44 bits per heavy atom. The molecule has 0 aromatic rings. The monoisotopic (exact) mass is 123 g/mol. The maximum atomic E-state index is 3.26. The lowest BCUT2D eigenvalue weighted by Gasteiger charge is -1.91. The first-order valence-electron chi connectivity index (χ1n) is 3.57. The van der Waals surface area contributed by atoms with Crippen molar-refractivity contribution >= 4 is 0 Å². The van der Waals surface area contributed by atoms with Crippen molar-refractivity contribution < 1.29 is 0 Å². The molecule has 0 heteroatoms. The van der Waals surface area contributed by atoms with Crippen molar-refractivity contribution in [3.8, 4) is 0 Å². The highest BCUT2D eigenvalue weighted by Gasteiger charge is 1.83. The van der Waals surface area contributed by atoms with Crippen molar-refractivity contribution in [2.24, 2.45) is 0 Å². The molecule has 0 fully saturated rings. The third-order valence-electron chi connectivity index (χ3n) is 1.15. The van der Waals surface area contributed by atoms with Gasteiger partial charge in [0.2, 0.25) is 0 Å². The summed E-state index contributed by atoms with van der Waals surface area (Å²) in [5.41, 5.74) is 1.32. The SMILES string of the molecule is CC=C/C(=[C]/CC)CC. The Morgan fingerprint density at radius 2 is 2.11 bits per heavy atom. The van der Waals surface area contributed by atoms with Gasteiger partial charge in [-0.3, -0.25) is 0 Å². The van der Waals surface area contributed by atoms with E-state index < -0.39 is 0 Å². The fraction of sp³-hybridized carbons (Fsp3) is 0.556. The molecule has 0 bridgehead atoms. The summed E-state index contributed by atoms with van der Waals surface area (Å²) in [6.07, 6.45) is 9.55. The minimum absolute atomic E-state index is 1.02. The van der Waals surface area contributed by atoms with E-state index in [1.165, 1.54) is 5.57 Å². The third-order valence-corrected chi connectivity index (χ3v) is 1.15. The van der Waals surface area contributed by atoms with Gasteiger partial charge in [0.25, 0.3) is 0 Å². The second kappa shape index (κ2) is 5.61. The van der Waals surface area contributed by atoms with Gasteiger partial charge in [0.05, 0.1) is 0 Å². The average Bonchev–Trinajstić information content (AvgIpc) is 1.88. The Morgan fingerprint density at radius 3 is 2.44 bits per heavy atom. The van der Waals surface area contributed by atoms with Crippen LogP contribution < -0.4 is 0 Å². The summed E-state index contributed by atoms with van der Waals surface area (Å²) in [7, 11) is 0. The molecule has 1 radical (unpaired) electrons. The van der Waals surface area contributed by atoms with E-state index in [2.05, 4.69) is 32.1 Å². The highest BCUT2D eigenvalue weighted by molar-refractivity contribution is 5.13. The number of hydrogen-bond donors (Lipinski definition) is 0. The Bertz CT molecular complexity index is 107. The van der Waals surface area contributed by atoms with Crippen molar-refractivity contribution in [2.75, 3.05) is 0 Å². The Hall–Kier alpha value is -0.520. The van der Waals surface area contributed by atoms with Crippen LogP contribution in [0.25, 0.3) is 0 Å². The van der Waals surface area contributed by atoms with Crippen LogP contribution in [0, 0.1) is 6.08 Å². The molecular formula is C9H15. The highest BCUT2D eigenvalue weighted by atomic mass is 13.9. The zero-order valence-electron chi connectivity index (χ0n) is 6.57. The molecule has 0 aromatic heterocycles.